The van der Waals surface area contributed by atoms with Crippen molar-refractivity contribution >= 4 is 26.8 Å². The molecule has 0 N–H and O–H groups in total. The summed E-state index contributed by atoms with van der Waals surface area (Å²) in [6.07, 6.45) is 5.56. The first-order valence-corrected chi connectivity index (χ1v) is 6.06. The number of hydrogen-bond donors (Lipinski definition) is 0. The predicted molar refractivity (Wildman–Crippen MR) is 71.6 cm³/mol. The maximum atomic E-state index is 4.27. The van der Waals surface area contributed by atoms with Crippen LogP contribution in [0.4, 0.5) is 0 Å². The van der Waals surface area contributed by atoms with Crippen molar-refractivity contribution < 1.29 is 0 Å². The summed E-state index contributed by atoms with van der Waals surface area (Å²) in [4.78, 5) is 4.26. The first-order chi connectivity index (χ1) is 8.25. The zero-order valence-corrected chi connectivity index (χ0v) is 10.8. The van der Waals surface area contributed by atoms with Gasteiger partial charge in [0.15, 0.2) is 0 Å². The molecule has 2 aromatic heterocycles. The smallest absolute Gasteiger partial charge is 0.0788 e. The lowest BCUT2D eigenvalue weighted by molar-refractivity contribution is 0.797. The lowest BCUT2D eigenvalue weighted by Gasteiger charge is -2.04. The zero-order valence-electron chi connectivity index (χ0n) is 9.26. The van der Waals surface area contributed by atoms with Gasteiger partial charge in [-0.1, -0.05) is 28.1 Å². The molecular formula is C13H10BrN3. The highest BCUT2D eigenvalue weighted by atomic mass is 79.9. The SMILES string of the molecule is Cn1ncc2cncc(-c3ccc(Br)cc3)c21. The maximum Gasteiger partial charge on any atom is 0.0788 e. The number of aromatic nitrogens is 3. The summed E-state index contributed by atoms with van der Waals surface area (Å²) >= 11 is 3.44. The van der Waals surface area contributed by atoms with Gasteiger partial charge in [0.05, 0.1) is 11.7 Å². The molecule has 3 aromatic rings. The fraction of sp³-hybridized carbons (Fsp3) is 0.0769. The van der Waals surface area contributed by atoms with Crippen LogP contribution in [0.3, 0.4) is 0 Å². The molecule has 0 saturated carbocycles. The van der Waals surface area contributed by atoms with E-state index in [2.05, 4.69) is 38.1 Å². The van der Waals surface area contributed by atoms with Crippen LogP contribution >= 0.6 is 15.9 Å². The zero-order chi connectivity index (χ0) is 11.8. The van der Waals surface area contributed by atoms with Crippen LogP contribution in [0.2, 0.25) is 0 Å². The van der Waals surface area contributed by atoms with Crippen LogP contribution < -0.4 is 0 Å². The van der Waals surface area contributed by atoms with Gasteiger partial charge in [-0.25, -0.2) is 0 Å². The van der Waals surface area contributed by atoms with Crippen molar-refractivity contribution in [2.45, 2.75) is 0 Å². The summed E-state index contributed by atoms with van der Waals surface area (Å²) < 4.78 is 2.96. The molecular weight excluding hydrogens is 278 g/mol. The Kier molecular flexibility index (Phi) is 2.44. The summed E-state index contributed by atoms with van der Waals surface area (Å²) in [6.45, 7) is 0. The molecule has 4 heteroatoms. The molecule has 84 valence electrons. The topological polar surface area (TPSA) is 30.7 Å². The van der Waals surface area contributed by atoms with Crippen molar-refractivity contribution in [1.29, 1.82) is 0 Å². The molecule has 0 radical (unpaired) electrons. The van der Waals surface area contributed by atoms with E-state index in [1.54, 1.807) is 0 Å². The van der Waals surface area contributed by atoms with Gasteiger partial charge >= 0.3 is 0 Å². The molecule has 0 bridgehead atoms. The predicted octanol–water partition coefficient (Wildman–Crippen LogP) is 3.40. The van der Waals surface area contributed by atoms with Gasteiger partial charge in [0, 0.05) is 34.9 Å². The Morgan fingerprint density at radius 3 is 2.59 bits per heavy atom. The van der Waals surface area contributed by atoms with E-state index in [1.165, 1.54) is 0 Å². The normalized spacial score (nSPS) is 10.9. The van der Waals surface area contributed by atoms with Gasteiger partial charge in [-0.2, -0.15) is 5.10 Å². The molecule has 0 fully saturated rings. The minimum atomic E-state index is 1.06. The second kappa shape index (κ2) is 3.96. The standard InChI is InChI=1S/C13H10BrN3/c1-17-13-10(7-16-17)6-15-8-12(13)9-2-4-11(14)5-3-9/h2-8H,1H3. The molecule has 2 heterocycles. The number of benzene rings is 1. The Hall–Kier alpha value is -1.68. The molecule has 17 heavy (non-hydrogen) atoms. The van der Waals surface area contributed by atoms with Crippen LogP contribution in [0.25, 0.3) is 22.0 Å². The second-order valence-corrected chi connectivity index (χ2v) is 4.82. The van der Waals surface area contributed by atoms with Crippen LogP contribution in [0.1, 0.15) is 0 Å². The first kappa shape index (κ1) is 10.5. The van der Waals surface area contributed by atoms with Crippen LogP contribution in [0.5, 0.6) is 0 Å². The quantitative estimate of drug-likeness (QED) is 0.687. The van der Waals surface area contributed by atoms with E-state index in [0.717, 1.165) is 26.5 Å². The molecule has 0 aliphatic rings. The first-order valence-electron chi connectivity index (χ1n) is 5.27. The van der Waals surface area contributed by atoms with Gasteiger partial charge in [-0.3, -0.25) is 9.67 Å². The largest absolute Gasteiger partial charge is 0.267 e. The average molecular weight is 288 g/mol. The summed E-state index contributed by atoms with van der Waals surface area (Å²) in [6, 6.07) is 8.22. The molecule has 3 nitrogen and oxygen atoms in total. The molecule has 0 amide bonds. The number of aryl methyl sites for hydroxylation is 1. The van der Waals surface area contributed by atoms with Crippen LogP contribution in [0, 0.1) is 0 Å². The van der Waals surface area contributed by atoms with Crippen molar-refractivity contribution in [1.82, 2.24) is 14.8 Å². The third-order valence-corrected chi connectivity index (χ3v) is 3.32. The highest BCUT2D eigenvalue weighted by Gasteiger charge is 2.08. The second-order valence-electron chi connectivity index (χ2n) is 3.90. The van der Waals surface area contributed by atoms with Crippen LogP contribution in [0.15, 0.2) is 47.3 Å². The van der Waals surface area contributed by atoms with E-state index in [1.807, 2.05) is 42.5 Å². The highest BCUT2D eigenvalue weighted by Crippen LogP contribution is 2.27. The minimum absolute atomic E-state index is 1.06. The average Bonchev–Trinajstić information content (AvgIpc) is 2.73. The minimum Gasteiger partial charge on any atom is -0.267 e. The summed E-state index contributed by atoms with van der Waals surface area (Å²) in [5.41, 5.74) is 3.37. The number of pyridine rings is 1. The molecule has 0 atom stereocenters. The third kappa shape index (κ3) is 1.74. The van der Waals surface area contributed by atoms with Crippen molar-refractivity contribution in [3.8, 4) is 11.1 Å². The van der Waals surface area contributed by atoms with Gasteiger partial charge < -0.3 is 0 Å². The Bertz CT molecular complexity index is 671. The molecule has 0 spiro atoms. The Balaban J connectivity index is 2.29. The molecule has 1 aromatic carbocycles. The van der Waals surface area contributed by atoms with Crippen LogP contribution in [-0.4, -0.2) is 14.8 Å². The van der Waals surface area contributed by atoms with E-state index in [-0.39, 0.29) is 0 Å². The van der Waals surface area contributed by atoms with Gasteiger partial charge in [0.1, 0.15) is 0 Å². The number of halogens is 1. The van der Waals surface area contributed by atoms with Gasteiger partial charge in [0.25, 0.3) is 0 Å². The van der Waals surface area contributed by atoms with E-state index in [0.29, 0.717) is 0 Å². The van der Waals surface area contributed by atoms with E-state index < -0.39 is 0 Å². The summed E-state index contributed by atoms with van der Waals surface area (Å²) in [5, 5.41) is 5.33. The molecule has 3 rings (SSSR count). The summed E-state index contributed by atoms with van der Waals surface area (Å²) in [5.74, 6) is 0. The van der Waals surface area contributed by atoms with E-state index in [4.69, 9.17) is 0 Å². The van der Waals surface area contributed by atoms with Crippen molar-refractivity contribution in [2.75, 3.05) is 0 Å². The molecule has 0 unspecified atom stereocenters. The van der Waals surface area contributed by atoms with Crippen molar-refractivity contribution in [3.05, 3.63) is 47.3 Å². The Labute approximate surface area is 107 Å². The number of rotatable bonds is 1. The van der Waals surface area contributed by atoms with Crippen molar-refractivity contribution in [3.63, 3.8) is 0 Å². The number of fused-ring (bicyclic) bond motifs is 1. The fourth-order valence-corrected chi connectivity index (χ4v) is 2.24. The Morgan fingerprint density at radius 2 is 1.82 bits per heavy atom. The van der Waals surface area contributed by atoms with E-state index in [9.17, 15) is 0 Å². The van der Waals surface area contributed by atoms with Crippen LogP contribution in [-0.2, 0) is 7.05 Å². The molecule has 0 aliphatic heterocycles. The molecule has 0 saturated heterocycles. The number of hydrogen-bond acceptors (Lipinski definition) is 2. The summed E-state index contributed by atoms with van der Waals surface area (Å²) in [7, 11) is 1.95. The van der Waals surface area contributed by atoms with Gasteiger partial charge in [-0.15, -0.1) is 0 Å². The van der Waals surface area contributed by atoms with Crippen molar-refractivity contribution in [2.24, 2.45) is 7.05 Å². The maximum absolute atomic E-state index is 4.27. The van der Waals surface area contributed by atoms with Gasteiger partial charge in [0.2, 0.25) is 0 Å². The Morgan fingerprint density at radius 1 is 1.06 bits per heavy atom. The van der Waals surface area contributed by atoms with Gasteiger partial charge in [-0.05, 0) is 17.7 Å². The van der Waals surface area contributed by atoms with E-state index >= 15 is 0 Å². The monoisotopic (exact) mass is 287 g/mol. The molecule has 0 aliphatic carbocycles. The lowest BCUT2D eigenvalue weighted by Crippen LogP contribution is -1.92. The fourth-order valence-electron chi connectivity index (χ4n) is 1.97. The number of nitrogens with zero attached hydrogens (tertiary/aromatic N) is 3. The third-order valence-electron chi connectivity index (χ3n) is 2.79. The lowest BCUT2D eigenvalue weighted by atomic mass is 10.1. The highest BCUT2D eigenvalue weighted by molar-refractivity contribution is 9.10.